The number of benzene rings is 2. The van der Waals surface area contributed by atoms with E-state index in [4.69, 9.17) is 14.2 Å². The Hall–Kier alpha value is -4.84. The van der Waals surface area contributed by atoms with Crippen molar-refractivity contribution in [3.8, 4) is 17.2 Å². The van der Waals surface area contributed by atoms with Crippen molar-refractivity contribution >= 4 is 29.2 Å². The number of rotatable bonds is 7. The van der Waals surface area contributed by atoms with E-state index in [1.165, 1.54) is 17.3 Å². The predicted molar refractivity (Wildman–Crippen MR) is 154 cm³/mol. The van der Waals surface area contributed by atoms with Gasteiger partial charge in [0, 0.05) is 54.9 Å². The van der Waals surface area contributed by atoms with Gasteiger partial charge in [-0.05, 0) is 49.4 Å². The molecule has 0 unspecified atom stereocenters. The van der Waals surface area contributed by atoms with E-state index in [0.717, 1.165) is 0 Å². The van der Waals surface area contributed by atoms with Crippen molar-refractivity contribution in [2.24, 2.45) is 5.92 Å². The number of anilines is 2. The maximum Gasteiger partial charge on any atom is 0.321 e. The Kier molecular flexibility index (Phi) is 8.43. The van der Waals surface area contributed by atoms with Crippen LogP contribution in [0.1, 0.15) is 34.6 Å². The summed E-state index contributed by atoms with van der Waals surface area (Å²) in [6.07, 6.45) is 2.55. The lowest BCUT2D eigenvalue weighted by Gasteiger charge is -2.38. The van der Waals surface area contributed by atoms with Gasteiger partial charge in [0.05, 0.1) is 24.8 Å². The van der Waals surface area contributed by atoms with E-state index >= 15 is 0 Å². The Balaban J connectivity index is 1.36. The molecule has 2 aliphatic heterocycles. The summed E-state index contributed by atoms with van der Waals surface area (Å²) in [4.78, 5) is 46.5. The molecule has 3 N–H and O–H groups in total. The van der Waals surface area contributed by atoms with Crippen molar-refractivity contribution in [3.63, 3.8) is 0 Å². The number of aliphatic hydroxyl groups is 1. The summed E-state index contributed by atoms with van der Waals surface area (Å²) in [7, 11) is 1.66. The molecule has 3 heterocycles. The minimum absolute atomic E-state index is 0.137. The van der Waals surface area contributed by atoms with Crippen LogP contribution in [0.15, 0.2) is 60.9 Å². The predicted octanol–water partition coefficient (Wildman–Crippen LogP) is 3.45. The average Bonchev–Trinajstić information content (AvgIpc) is 3.47. The van der Waals surface area contributed by atoms with Crippen molar-refractivity contribution in [2.45, 2.75) is 26.0 Å². The van der Waals surface area contributed by atoms with Gasteiger partial charge in [0.25, 0.3) is 11.8 Å². The molecule has 2 aromatic carbocycles. The van der Waals surface area contributed by atoms with Crippen LogP contribution < -0.4 is 24.8 Å². The summed E-state index contributed by atoms with van der Waals surface area (Å²) >= 11 is 0. The highest BCUT2D eigenvalue weighted by Crippen LogP contribution is 2.34. The zero-order chi connectivity index (χ0) is 29.8. The van der Waals surface area contributed by atoms with Crippen LogP contribution >= 0.6 is 0 Å². The highest BCUT2D eigenvalue weighted by Gasteiger charge is 2.34. The van der Waals surface area contributed by atoms with Crippen LogP contribution in [0.25, 0.3) is 0 Å². The van der Waals surface area contributed by atoms with Gasteiger partial charge in [0.2, 0.25) is 6.79 Å². The number of aliphatic hydroxyl groups excluding tert-OH is 1. The second-order valence-electron chi connectivity index (χ2n) is 10.4. The van der Waals surface area contributed by atoms with Crippen LogP contribution in [0.5, 0.6) is 17.2 Å². The second kappa shape index (κ2) is 12.4. The monoisotopic (exact) mass is 575 g/mol. The number of aromatic nitrogens is 1. The van der Waals surface area contributed by atoms with Gasteiger partial charge in [0.1, 0.15) is 11.9 Å². The molecule has 3 aromatic rings. The summed E-state index contributed by atoms with van der Waals surface area (Å²) in [6.45, 7) is 4.12. The number of hydrogen-bond acceptors (Lipinski definition) is 8. The third kappa shape index (κ3) is 6.23. The molecule has 0 saturated heterocycles. The number of likely N-dealkylation sites (N-methyl/N-ethyl adjacent to an activating group) is 1. The topological polar surface area (TPSA) is 143 Å². The van der Waals surface area contributed by atoms with E-state index in [2.05, 4.69) is 15.6 Å². The highest BCUT2D eigenvalue weighted by molar-refractivity contribution is 6.05. The fourth-order valence-electron chi connectivity index (χ4n) is 4.77. The lowest BCUT2D eigenvalue weighted by Crippen LogP contribution is -2.50. The quantitative estimate of drug-likeness (QED) is 0.389. The van der Waals surface area contributed by atoms with Gasteiger partial charge in [-0.1, -0.05) is 6.92 Å². The highest BCUT2D eigenvalue weighted by atomic mass is 16.7. The second-order valence-corrected chi connectivity index (χ2v) is 10.4. The van der Waals surface area contributed by atoms with Crippen LogP contribution in [-0.4, -0.2) is 83.4 Å². The number of amides is 4. The molecule has 12 nitrogen and oxygen atoms in total. The number of nitrogens with zero attached hydrogens (tertiary/aromatic N) is 3. The van der Waals surface area contributed by atoms with Gasteiger partial charge in [0.15, 0.2) is 11.5 Å². The minimum Gasteiger partial charge on any atom is -0.487 e. The first kappa shape index (κ1) is 28.7. The Bertz CT molecular complexity index is 1470. The van der Waals surface area contributed by atoms with Gasteiger partial charge in [-0.2, -0.15) is 0 Å². The van der Waals surface area contributed by atoms with E-state index in [-0.39, 0.29) is 55.8 Å². The van der Waals surface area contributed by atoms with E-state index in [9.17, 15) is 19.5 Å². The number of hydrogen-bond donors (Lipinski definition) is 3. The fraction of sp³-hybridized carbons (Fsp3) is 0.333. The van der Waals surface area contributed by atoms with Crippen molar-refractivity contribution in [1.82, 2.24) is 14.8 Å². The maximum absolute atomic E-state index is 13.7. The molecule has 0 aliphatic carbocycles. The maximum atomic E-state index is 13.7. The molecule has 42 heavy (non-hydrogen) atoms. The van der Waals surface area contributed by atoms with Gasteiger partial charge in [-0.15, -0.1) is 0 Å². The molecule has 4 amide bonds. The third-order valence-electron chi connectivity index (χ3n) is 7.29. The van der Waals surface area contributed by atoms with Crippen LogP contribution in [-0.2, 0) is 0 Å². The van der Waals surface area contributed by atoms with Crippen LogP contribution in [0.2, 0.25) is 0 Å². The van der Waals surface area contributed by atoms with E-state index in [0.29, 0.717) is 34.2 Å². The minimum atomic E-state index is -0.491. The smallest absolute Gasteiger partial charge is 0.321 e. The molecule has 0 saturated carbocycles. The number of fused-ring (bicyclic) bond motifs is 2. The molecule has 0 radical (unpaired) electrons. The molecule has 2 aliphatic rings. The first-order chi connectivity index (χ1) is 20.2. The number of carbonyl (C=O) groups is 3. The number of ether oxygens (including phenoxy) is 3. The van der Waals surface area contributed by atoms with E-state index in [1.807, 2.05) is 6.92 Å². The Morgan fingerprint density at radius 3 is 2.48 bits per heavy atom. The number of pyridine rings is 1. The van der Waals surface area contributed by atoms with E-state index in [1.54, 1.807) is 67.4 Å². The number of carbonyl (C=O) groups excluding carboxylic acids is 3. The zero-order valence-electron chi connectivity index (χ0n) is 23.6. The largest absolute Gasteiger partial charge is 0.487 e. The summed E-state index contributed by atoms with van der Waals surface area (Å²) in [5.41, 5.74) is 1.63. The molecule has 0 spiro atoms. The Morgan fingerprint density at radius 1 is 1.05 bits per heavy atom. The molecule has 5 rings (SSSR count). The van der Waals surface area contributed by atoms with Gasteiger partial charge >= 0.3 is 6.03 Å². The van der Waals surface area contributed by atoms with Crippen molar-refractivity contribution in [1.29, 1.82) is 0 Å². The van der Waals surface area contributed by atoms with Gasteiger partial charge in [-0.3, -0.25) is 14.6 Å². The van der Waals surface area contributed by atoms with Crippen LogP contribution in [0, 0.1) is 5.92 Å². The molecule has 0 bridgehead atoms. The average molecular weight is 576 g/mol. The van der Waals surface area contributed by atoms with Gasteiger partial charge < -0.3 is 39.8 Å². The molecular formula is C30H33N5O7. The SMILES string of the molecule is C[C@@H]1CN([C@H](C)CO)C(=O)c2cc(NC(=O)c3ccncc3)ccc2O[C@H]1CN(C)C(=O)Nc1ccc2c(c1)OCO2. The van der Waals surface area contributed by atoms with Crippen molar-refractivity contribution in [3.05, 3.63) is 72.1 Å². The lowest BCUT2D eigenvalue weighted by atomic mass is 9.99. The first-order valence-electron chi connectivity index (χ1n) is 13.6. The first-order valence-corrected chi connectivity index (χ1v) is 13.6. The normalized spacial score (nSPS) is 18.2. The van der Waals surface area contributed by atoms with Crippen LogP contribution in [0.3, 0.4) is 0 Å². The number of urea groups is 1. The van der Waals surface area contributed by atoms with Crippen molar-refractivity contribution < 1.29 is 33.7 Å². The molecular weight excluding hydrogens is 542 g/mol. The zero-order valence-corrected chi connectivity index (χ0v) is 23.6. The summed E-state index contributed by atoms with van der Waals surface area (Å²) < 4.78 is 17.1. The summed E-state index contributed by atoms with van der Waals surface area (Å²) in [5, 5.41) is 15.6. The Labute approximate surface area is 243 Å². The molecule has 0 fully saturated rings. The molecule has 3 atom stereocenters. The van der Waals surface area contributed by atoms with E-state index < -0.39 is 12.1 Å². The molecule has 220 valence electrons. The molecule has 1 aromatic heterocycles. The van der Waals surface area contributed by atoms with Gasteiger partial charge in [-0.25, -0.2) is 4.79 Å². The Morgan fingerprint density at radius 2 is 1.74 bits per heavy atom. The third-order valence-corrected chi connectivity index (χ3v) is 7.29. The number of nitrogens with one attached hydrogen (secondary N) is 2. The standard InChI is InChI=1S/C30H33N5O7/c1-18-14-35(19(2)16-36)29(38)23-12-21(32-28(37)20-8-10-31-11-9-20)4-6-24(23)42-27(18)15-34(3)30(39)33-22-5-7-25-26(13-22)41-17-40-25/h4-13,18-19,27,36H,14-17H2,1-3H3,(H,32,37)(H,33,39)/t18-,19-,27+/m1/s1. The lowest BCUT2D eigenvalue weighted by molar-refractivity contribution is 0.0371. The van der Waals surface area contributed by atoms with Crippen molar-refractivity contribution in [2.75, 3.05) is 44.2 Å². The summed E-state index contributed by atoms with van der Waals surface area (Å²) in [5.74, 6) is 0.627. The van der Waals surface area contributed by atoms with Crippen LogP contribution in [0.4, 0.5) is 16.2 Å². The molecule has 12 heteroatoms. The summed E-state index contributed by atoms with van der Waals surface area (Å²) in [6, 6.07) is 12.4. The fourth-order valence-corrected chi connectivity index (χ4v) is 4.77.